The highest BCUT2D eigenvalue weighted by Gasteiger charge is 2.30. The smallest absolute Gasteiger partial charge is 0.319 e. The number of carbonyl (C=O) groups is 2. The minimum atomic E-state index is -0.337. The maximum Gasteiger partial charge on any atom is 0.319 e. The highest BCUT2D eigenvalue weighted by Crippen LogP contribution is 2.26. The lowest BCUT2D eigenvalue weighted by Crippen LogP contribution is -2.34. The molecule has 0 spiro atoms. The van der Waals surface area contributed by atoms with Crippen LogP contribution in [0.15, 0.2) is 48.5 Å². The molecule has 0 radical (unpaired) electrons. The van der Waals surface area contributed by atoms with Gasteiger partial charge in [0.05, 0.1) is 14.2 Å². The number of hydrogen-bond acceptors (Lipinski definition) is 4. The summed E-state index contributed by atoms with van der Waals surface area (Å²) in [5.41, 5.74) is 1.45. The van der Waals surface area contributed by atoms with Gasteiger partial charge in [-0.25, -0.2) is 4.79 Å². The predicted octanol–water partition coefficient (Wildman–Crippen LogP) is 2.88. The molecule has 3 amide bonds. The number of anilines is 2. The van der Waals surface area contributed by atoms with Crippen molar-refractivity contribution in [3.8, 4) is 11.5 Å². The zero-order valence-corrected chi connectivity index (χ0v) is 15.4. The van der Waals surface area contributed by atoms with Gasteiger partial charge >= 0.3 is 6.03 Å². The van der Waals surface area contributed by atoms with E-state index in [2.05, 4.69) is 10.6 Å². The van der Waals surface area contributed by atoms with E-state index < -0.39 is 0 Å². The second-order valence-electron chi connectivity index (χ2n) is 6.35. The first-order valence-electron chi connectivity index (χ1n) is 8.72. The molecule has 1 heterocycles. The molecule has 3 rings (SSSR count). The molecule has 1 aliphatic rings. The number of urea groups is 1. The van der Waals surface area contributed by atoms with Crippen LogP contribution in [0.2, 0.25) is 0 Å². The maximum atomic E-state index is 12.2. The maximum absolute atomic E-state index is 12.2. The fourth-order valence-electron chi connectivity index (χ4n) is 3.07. The van der Waals surface area contributed by atoms with Crippen LogP contribution in [0.25, 0.3) is 0 Å². The van der Waals surface area contributed by atoms with Crippen molar-refractivity contribution in [2.75, 3.05) is 37.5 Å². The fraction of sp³-hybridized carbons (Fsp3) is 0.300. The molecule has 1 fully saturated rings. The summed E-state index contributed by atoms with van der Waals surface area (Å²) in [6, 6.07) is 14.4. The second-order valence-corrected chi connectivity index (χ2v) is 6.35. The van der Waals surface area contributed by atoms with Crippen molar-refractivity contribution in [2.45, 2.75) is 6.42 Å². The van der Waals surface area contributed by atoms with E-state index in [1.165, 1.54) is 0 Å². The minimum absolute atomic E-state index is 0.0725. The highest BCUT2D eigenvalue weighted by atomic mass is 16.5. The van der Waals surface area contributed by atoms with Crippen LogP contribution >= 0.6 is 0 Å². The Morgan fingerprint density at radius 2 is 1.78 bits per heavy atom. The summed E-state index contributed by atoms with van der Waals surface area (Å²) in [6.07, 6.45) is 0.419. The van der Waals surface area contributed by atoms with E-state index in [1.54, 1.807) is 37.3 Å². The molecule has 2 aromatic carbocycles. The number of nitrogens with zero attached hydrogens (tertiary/aromatic N) is 1. The molecule has 0 bridgehead atoms. The number of rotatable bonds is 6. The van der Waals surface area contributed by atoms with Crippen LogP contribution in [0.5, 0.6) is 11.5 Å². The molecule has 1 aliphatic heterocycles. The first-order valence-corrected chi connectivity index (χ1v) is 8.72. The Morgan fingerprint density at radius 3 is 2.41 bits per heavy atom. The molecule has 7 heteroatoms. The number of ether oxygens (including phenoxy) is 2. The van der Waals surface area contributed by atoms with Gasteiger partial charge in [0.25, 0.3) is 0 Å². The number of amides is 3. The third-order valence-electron chi connectivity index (χ3n) is 4.43. The van der Waals surface area contributed by atoms with E-state index >= 15 is 0 Å². The fourth-order valence-corrected chi connectivity index (χ4v) is 3.07. The van der Waals surface area contributed by atoms with Crippen LogP contribution in [-0.2, 0) is 4.79 Å². The van der Waals surface area contributed by atoms with E-state index in [9.17, 15) is 9.59 Å². The highest BCUT2D eigenvalue weighted by molar-refractivity contribution is 5.96. The zero-order chi connectivity index (χ0) is 19.2. The molecule has 0 aromatic heterocycles. The summed E-state index contributed by atoms with van der Waals surface area (Å²) >= 11 is 0. The van der Waals surface area contributed by atoms with Gasteiger partial charge in [-0.2, -0.15) is 0 Å². The molecule has 27 heavy (non-hydrogen) atoms. The van der Waals surface area contributed by atoms with E-state index in [0.29, 0.717) is 36.7 Å². The molecule has 2 aromatic rings. The SMILES string of the molecule is COc1cc(NC(=O)NC[C@H]2CC(=O)N(c3ccccc3)C2)cc(OC)c1. The summed E-state index contributed by atoms with van der Waals surface area (Å²) in [6.45, 7) is 1.01. The Morgan fingerprint density at radius 1 is 1.11 bits per heavy atom. The Balaban J connectivity index is 1.53. The largest absolute Gasteiger partial charge is 0.497 e. The Bertz CT molecular complexity index is 788. The minimum Gasteiger partial charge on any atom is -0.497 e. The molecule has 0 saturated carbocycles. The van der Waals surface area contributed by atoms with Gasteiger partial charge in [-0.15, -0.1) is 0 Å². The van der Waals surface area contributed by atoms with E-state index in [0.717, 1.165) is 5.69 Å². The van der Waals surface area contributed by atoms with E-state index in [-0.39, 0.29) is 17.9 Å². The van der Waals surface area contributed by atoms with Crippen LogP contribution in [0.3, 0.4) is 0 Å². The van der Waals surface area contributed by atoms with Crippen molar-refractivity contribution in [1.29, 1.82) is 0 Å². The summed E-state index contributed by atoms with van der Waals surface area (Å²) in [7, 11) is 3.10. The van der Waals surface area contributed by atoms with Crippen molar-refractivity contribution < 1.29 is 19.1 Å². The third-order valence-corrected chi connectivity index (χ3v) is 4.43. The standard InChI is InChI=1S/C20H23N3O4/c1-26-17-9-15(10-18(11-17)27-2)22-20(25)21-12-14-8-19(24)23(13-14)16-6-4-3-5-7-16/h3-7,9-11,14H,8,12-13H2,1-2H3,(H2,21,22,25)/t14-/m1/s1. The molecule has 142 valence electrons. The summed E-state index contributed by atoms with van der Waals surface area (Å²) in [5.74, 6) is 1.32. The van der Waals surface area contributed by atoms with Crippen molar-refractivity contribution in [1.82, 2.24) is 5.32 Å². The predicted molar refractivity (Wildman–Crippen MR) is 103 cm³/mol. The number of hydrogen-bond donors (Lipinski definition) is 2. The lowest BCUT2D eigenvalue weighted by atomic mass is 10.1. The van der Waals surface area contributed by atoms with Crippen LogP contribution in [0.4, 0.5) is 16.2 Å². The molecule has 1 saturated heterocycles. The first-order chi connectivity index (χ1) is 13.1. The Labute approximate surface area is 158 Å². The van der Waals surface area contributed by atoms with E-state index in [1.807, 2.05) is 30.3 Å². The lowest BCUT2D eigenvalue weighted by molar-refractivity contribution is -0.117. The van der Waals surface area contributed by atoms with Gasteiger partial charge < -0.3 is 25.0 Å². The Hall–Kier alpha value is -3.22. The molecule has 1 atom stereocenters. The normalized spacial score (nSPS) is 16.1. The van der Waals surface area contributed by atoms with Gasteiger partial charge in [0.1, 0.15) is 11.5 Å². The molecule has 2 N–H and O–H groups in total. The number of methoxy groups -OCH3 is 2. The summed E-state index contributed by atoms with van der Waals surface area (Å²) in [5, 5.41) is 5.59. The van der Waals surface area contributed by atoms with Gasteiger partial charge in [-0.3, -0.25) is 4.79 Å². The number of nitrogens with one attached hydrogen (secondary N) is 2. The number of carbonyl (C=O) groups excluding carboxylic acids is 2. The third kappa shape index (κ3) is 4.69. The molecular formula is C20H23N3O4. The topological polar surface area (TPSA) is 79.9 Å². The van der Waals surface area contributed by atoms with Crippen LogP contribution in [-0.4, -0.2) is 39.2 Å². The monoisotopic (exact) mass is 369 g/mol. The van der Waals surface area contributed by atoms with Crippen molar-refractivity contribution >= 4 is 23.3 Å². The average Bonchev–Trinajstić information content (AvgIpc) is 3.07. The molecule has 0 unspecified atom stereocenters. The zero-order valence-electron chi connectivity index (χ0n) is 15.4. The second kappa shape index (κ2) is 8.44. The summed E-state index contributed by atoms with van der Waals surface area (Å²) in [4.78, 5) is 26.2. The van der Waals surface area contributed by atoms with Gasteiger partial charge in [-0.05, 0) is 12.1 Å². The first kappa shape index (κ1) is 18.6. The summed E-state index contributed by atoms with van der Waals surface area (Å²) < 4.78 is 10.4. The average molecular weight is 369 g/mol. The van der Waals surface area contributed by atoms with Crippen molar-refractivity contribution in [3.63, 3.8) is 0 Å². The number of para-hydroxylation sites is 1. The number of benzene rings is 2. The quantitative estimate of drug-likeness (QED) is 0.821. The molecule has 7 nitrogen and oxygen atoms in total. The van der Waals surface area contributed by atoms with Crippen molar-refractivity contribution in [3.05, 3.63) is 48.5 Å². The van der Waals surface area contributed by atoms with Crippen LogP contribution in [0.1, 0.15) is 6.42 Å². The van der Waals surface area contributed by atoms with E-state index in [4.69, 9.17) is 9.47 Å². The molecule has 0 aliphatic carbocycles. The van der Waals surface area contributed by atoms with Gasteiger partial charge in [0.2, 0.25) is 5.91 Å². The van der Waals surface area contributed by atoms with Crippen LogP contribution < -0.4 is 25.0 Å². The van der Waals surface area contributed by atoms with Gasteiger partial charge in [-0.1, -0.05) is 18.2 Å². The van der Waals surface area contributed by atoms with Crippen LogP contribution in [0, 0.1) is 5.92 Å². The van der Waals surface area contributed by atoms with Crippen molar-refractivity contribution in [2.24, 2.45) is 5.92 Å². The lowest BCUT2D eigenvalue weighted by Gasteiger charge is -2.17. The molecular weight excluding hydrogens is 346 g/mol. The van der Waals surface area contributed by atoms with Gasteiger partial charge in [0, 0.05) is 55.0 Å². The van der Waals surface area contributed by atoms with Gasteiger partial charge in [0.15, 0.2) is 0 Å². The Kier molecular flexibility index (Phi) is 5.80.